The third-order valence-electron chi connectivity index (χ3n) is 2.82. The second-order valence-electron chi connectivity index (χ2n) is 4.16. The number of aromatic nitrogens is 1. The maximum absolute atomic E-state index is 13.2. The van der Waals surface area contributed by atoms with Crippen molar-refractivity contribution < 1.29 is 9.13 Å². The van der Waals surface area contributed by atoms with E-state index >= 15 is 0 Å². The highest BCUT2D eigenvalue weighted by Crippen LogP contribution is 2.26. The molecule has 0 saturated carbocycles. The summed E-state index contributed by atoms with van der Waals surface area (Å²) < 4.78 is 18.6. The zero-order valence-electron chi connectivity index (χ0n) is 10.9. The van der Waals surface area contributed by atoms with Crippen LogP contribution < -0.4 is 16.0 Å². The van der Waals surface area contributed by atoms with Crippen molar-refractivity contribution in [2.45, 2.75) is 13.0 Å². The first-order chi connectivity index (χ1) is 9.65. The van der Waals surface area contributed by atoms with Gasteiger partial charge >= 0.3 is 0 Å². The zero-order valence-corrected chi connectivity index (χ0v) is 11.7. The predicted molar refractivity (Wildman–Crippen MR) is 76.0 cm³/mol. The lowest BCUT2D eigenvalue weighted by Gasteiger charge is -2.17. The highest BCUT2D eigenvalue weighted by Gasteiger charge is 2.15. The third kappa shape index (κ3) is 3.25. The molecule has 2 aromatic rings. The normalized spacial score (nSPS) is 12.2. The molecule has 3 N–H and O–H groups in total. The third-order valence-corrected chi connectivity index (χ3v) is 3.11. The van der Waals surface area contributed by atoms with Crippen molar-refractivity contribution in [3.63, 3.8) is 0 Å². The van der Waals surface area contributed by atoms with E-state index in [-0.39, 0.29) is 11.1 Å². The van der Waals surface area contributed by atoms with Crippen molar-refractivity contribution in [2.24, 2.45) is 5.84 Å². The Hall–Kier alpha value is -1.69. The minimum absolute atomic E-state index is 0.0525. The molecule has 2 rings (SSSR count). The van der Waals surface area contributed by atoms with Gasteiger partial charge in [0.25, 0.3) is 0 Å². The molecule has 0 aliphatic rings. The smallest absolute Gasteiger partial charge is 0.141 e. The largest absolute Gasteiger partial charge is 0.492 e. The summed E-state index contributed by atoms with van der Waals surface area (Å²) in [4.78, 5) is 4.11. The summed E-state index contributed by atoms with van der Waals surface area (Å²) >= 11 is 5.80. The van der Waals surface area contributed by atoms with Crippen LogP contribution in [0.3, 0.4) is 0 Å². The molecule has 0 saturated heterocycles. The molecule has 0 aliphatic carbocycles. The average Bonchev–Trinajstić information content (AvgIpc) is 2.44. The molecule has 1 atom stereocenters. The van der Waals surface area contributed by atoms with Crippen molar-refractivity contribution in [1.82, 2.24) is 10.4 Å². The summed E-state index contributed by atoms with van der Waals surface area (Å²) in [5, 5.41) is 0.0525. The van der Waals surface area contributed by atoms with Gasteiger partial charge < -0.3 is 4.74 Å². The molecule has 6 heteroatoms. The number of hydrogen-bond acceptors (Lipinski definition) is 4. The van der Waals surface area contributed by atoms with Crippen LogP contribution in [0.4, 0.5) is 4.39 Å². The number of nitrogens with zero attached hydrogens (tertiary/aromatic N) is 1. The summed E-state index contributed by atoms with van der Waals surface area (Å²) in [5.74, 6) is 5.78. The van der Waals surface area contributed by atoms with Gasteiger partial charge in [-0.05, 0) is 36.2 Å². The lowest BCUT2D eigenvalue weighted by molar-refractivity contribution is 0.338. The van der Waals surface area contributed by atoms with E-state index in [0.29, 0.717) is 12.4 Å². The highest BCUT2D eigenvalue weighted by molar-refractivity contribution is 6.30. The molecule has 20 heavy (non-hydrogen) atoms. The monoisotopic (exact) mass is 295 g/mol. The second kappa shape index (κ2) is 6.65. The number of ether oxygens (including phenoxy) is 1. The maximum atomic E-state index is 13.2. The van der Waals surface area contributed by atoms with Crippen LogP contribution in [0.25, 0.3) is 0 Å². The zero-order chi connectivity index (χ0) is 14.5. The molecule has 0 radical (unpaired) electrons. The molecule has 106 valence electrons. The Morgan fingerprint density at radius 1 is 1.35 bits per heavy atom. The predicted octanol–water partition coefficient (Wildman–Crippen LogP) is 2.83. The van der Waals surface area contributed by atoms with E-state index in [2.05, 4.69) is 10.4 Å². The van der Waals surface area contributed by atoms with Gasteiger partial charge in [-0.25, -0.2) is 9.82 Å². The van der Waals surface area contributed by atoms with Gasteiger partial charge in [-0.15, -0.1) is 0 Å². The Balaban J connectivity index is 2.36. The molecule has 0 bridgehead atoms. The van der Waals surface area contributed by atoms with E-state index in [4.69, 9.17) is 22.2 Å². The van der Waals surface area contributed by atoms with Crippen molar-refractivity contribution in [3.05, 3.63) is 58.6 Å². The van der Waals surface area contributed by atoms with Crippen LogP contribution in [-0.4, -0.2) is 11.6 Å². The SMILES string of the molecule is CCOc1cncc(C(NN)c2ccc(F)c(Cl)c2)c1. The van der Waals surface area contributed by atoms with Crippen LogP contribution >= 0.6 is 11.6 Å². The number of rotatable bonds is 5. The second-order valence-corrected chi connectivity index (χ2v) is 4.57. The quantitative estimate of drug-likeness (QED) is 0.658. The Bertz CT molecular complexity index is 594. The molecule has 0 fully saturated rings. The molecule has 0 aliphatic heterocycles. The lowest BCUT2D eigenvalue weighted by atomic mass is 10.0. The topological polar surface area (TPSA) is 60.2 Å². The van der Waals surface area contributed by atoms with E-state index in [1.54, 1.807) is 18.5 Å². The van der Waals surface area contributed by atoms with E-state index in [1.807, 2.05) is 13.0 Å². The van der Waals surface area contributed by atoms with Gasteiger partial charge in [0.15, 0.2) is 0 Å². The van der Waals surface area contributed by atoms with Gasteiger partial charge in [0.1, 0.15) is 11.6 Å². The van der Waals surface area contributed by atoms with Crippen LogP contribution in [0.5, 0.6) is 5.75 Å². The van der Waals surface area contributed by atoms with E-state index < -0.39 is 5.82 Å². The fourth-order valence-electron chi connectivity index (χ4n) is 1.92. The summed E-state index contributed by atoms with van der Waals surface area (Å²) in [6.07, 6.45) is 3.29. The molecular weight excluding hydrogens is 281 g/mol. The molecule has 4 nitrogen and oxygen atoms in total. The average molecular weight is 296 g/mol. The summed E-state index contributed by atoms with van der Waals surface area (Å²) in [7, 11) is 0. The Kier molecular flexibility index (Phi) is 4.89. The van der Waals surface area contributed by atoms with Crippen LogP contribution in [0, 0.1) is 5.82 Å². The number of hydrogen-bond donors (Lipinski definition) is 2. The summed E-state index contributed by atoms with van der Waals surface area (Å²) in [6, 6.07) is 5.95. The standard InChI is InChI=1S/C14H15ClFN3O/c1-2-20-11-5-10(7-18-8-11)14(19-17)9-3-4-13(16)12(15)6-9/h3-8,14,19H,2,17H2,1H3. The van der Waals surface area contributed by atoms with Crippen LogP contribution in [0.1, 0.15) is 24.1 Å². The lowest BCUT2D eigenvalue weighted by Crippen LogP contribution is -2.29. The van der Waals surface area contributed by atoms with E-state index in [1.165, 1.54) is 12.1 Å². The molecule has 1 unspecified atom stereocenters. The van der Waals surface area contributed by atoms with Gasteiger partial charge in [0, 0.05) is 6.20 Å². The van der Waals surface area contributed by atoms with Gasteiger partial charge in [0.2, 0.25) is 0 Å². The first-order valence-electron chi connectivity index (χ1n) is 6.14. The molecule has 1 heterocycles. The van der Waals surface area contributed by atoms with Gasteiger partial charge in [-0.1, -0.05) is 17.7 Å². The van der Waals surface area contributed by atoms with Crippen LogP contribution in [0.15, 0.2) is 36.7 Å². The number of pyridine rings is 1. The van der Waals surface area contributed by atoms with Crippen molar-refractivity contribution in [2.75, 3.05) is 6.61 Å². The number of nitrogens with one attached hydrogen (secondary N) is 1. The highest BCUT2D eigenvalue weighted by atomic mass is 35.5. The van der Waals surface area contributed by atoms with Crippen LogP contribution in [-0.2, 0) is 0 Å². The fraction of sp³-hybridized carbons (Fsp3) is 0.214. The number of benzene rings is 1. The molecule has 1 aromatic carbocycles. The maximum Gasteiger partial charge on any atom is 0.141 e. The molecule has 1 aromatic heterocycles. The Morgan fingerprint density at radius 2 is 2.15 bits per heavy atom. The van der Waals surface area contributed by atoms with E-state index in [0.717, 1.165) is 11.1 Å². The number of nitrogens with two attached hydrogens (primary N) is 1. The number of halogens is 2. The molecular formula is C14H15ClFN3O. The van der Waals surface area contributed by atoms with Crippen molar-refractivity contribution >= 4 is 11.6 Å². The fourth-order valence-corrected chi connectivity index (χ4v) is 2.10. The first-order valence-corrected chi connectivity index (χ1v) is 6.52. The van der Waals surface area contributed by atoms with Gasteiger partial charge in [-0.3, -0.25) is 10.8 Å². The minimum atomic E-state index is -0.465. The first kappa shape index (κ1) is 14.7. The minimum Gasteiger partial charge on any atom is -0.492 e. The van der Waals surface area contributed by atoms with Gasteiger partial charge in [-0.2, -0.15) is 0 Å². The van der Waals surface area contributed by atoms with Crippen LogP contribution in [0.2, 0.25) is 5.02 Å². The number of hydrazine groups is 1. The summed E-state index contributed by atoms with van der Waals surface area (Å²) in [5.41, 5.74) is 4.23. The Morgan fingerprint density at radius 3 is 2.80 bits per heavy atom. The van der Waals surface area contributed by atoms with E-state index in [9.17, 15) is 4.39 Å². The van der Waals surface area contributed by atoms with Gasteiger partial charge in [0.05, 0.1) is 23.9 Å². The van der Waals surface area contributed by atoms with Crippen molar-refractivity contribution in [1.29, 1.82) is 0 Å². The summed E-state index contributed by atoms with van der Waals surface area (Å²) in [6.45, 7) is 2.44. The molecule has 0 spiro atoms. The molecule has 0 amide bonds. The Labute approximate surface area is 121 Å². The van der Waals surface area contributed by atoms with Crippen molar-refractivity contribution in [3.8, 4) is 5.75 Å².